The summed E-state index contributed by atoms with van der Waals surface area (Å²) in [4.78, 5) is 12.0. The van der Waals surface area contributed by atoms with Crippen molar-refractivity contribution in [2.75, 3.05) is 0 Å². The van der Waals surface area contributed by atoms with Crippen molar-refractivity contribution in [2.45, 2.75) is 6.92 Å². The molecule has 4 aromatic rings. The van der Waals surface area contributed by atoms with Crippen LogP contribution in [0.3, 0.4) is 0 Å². The van der Waals surface area contributed by atoms with Gasteiger partial charge in [-0.15, -0.1) is 0 Å². The van der Waals surface area contributed by atoms with Crippen LogP contribution >= 0.6 is 0 Å². The van der Waals surface area contributed by atoms with Gasteiger partial charge in [0, 0.05) is 23.1 Å². The lowest BCUT2D eigenvalue weighted by molar-refractivity contribution is 0.425. The Kier molecular flexibility index (Phi) is 3.20. The van der Waals surface area contributed by atoms with Gasteiger partial charge in [0.15, 0.2) is 5.76 Å². The molecule has 0 bridgehead atoms. The first-order valence-corrected chi connectivity index (χ1v) is 7.42. The molecule has 4 rings (SSSR count). The zero-order chi connectivity index (χ0) is 16.7. The molecule has 0 unspecified atom stereocenters. The van der Waals surface area contributed by atoms with E-state index in [9.17, 15) is 9.90 Å². The molecule has 5 nitrogen and oxygen atoms in total. The molecule has 2 heterocycles. The fourth-order valence-corrected chi connectivity index (χ4v) is 2.85. The number of phenolic OH excluding ortho intramolecular Hbond substituents is 1. The van der Waals surface area contributed by atoms with Crippen molar-refractivity contribution in [2.24, 2.45) is 0 Å². The standard InChI is InChI=1S/C19H13NO4/c1-11-18(22)15(16-7-8-20-24-16)9-14-13(10-17(21)23-19(11)14)12-5-3-2-4-6-12/h2-10,22H,1H3. The Morgan fingerprint density at radius 1 is 1.04 bits per heavy atom. The van der Waals surface area contributed by atoms with E-state index in [1.807, 2.05) is 30.3 Å². The van der Waals surface area contributed by atoms with Crippen molar-refractivity contribution in [1.82, 2.24) is 5.16 Å². The van der Waals surface area contributed by atoms with Crippen molar-refractivity contribution in [3.8, 4) is 28.2 Å². The second-order valence-corrected chi connectivity index (χ2v) is 5.50. The molecule has 0 aliphatic carbocycles. The van der Waals surface area contributed by atoms with Gasteiger partial charge in [0.25, 0.3) is 0 Å². The van der Waals surface area contributed by atoms with Gasteiger partial charge in [-0.1, -0.05) is 35.5 Å². The van der Waals surface area contributed by atoms with E-state index in [1.165, 1.54) is 12.3 Å². The number of aryl methyl sites for hydroxylation is 1. The first-order chi connectivity index (χ1) is 11.6. The van der Waals surface area contributed by atoms with Crippen molar-refractivity contribution < 1.29 is 14.0 Å². The lowest BCUT2D eigenvalue weighted by Gasteiger charge is -2.11. The summed E-state index contributed by atoms with van der Waals surface area (Å²) >= 11 is 0. The molecule has 2 aromatic carbocycles. The Morgan fingerprint density at radius 2 is 1.83 bits per heavy atom. The van der Waals surface area contributed by atoms with Gasteiger partial charge in [0.2, 0.25) is 0 Å². The van der Waals surface area contributed by atoms with Crippen LogP contribution in [0.2, 0.25) is 0 Å². The first kappa shape index (κ1) is 14.3. The van der Waals surface area contributed by atoms with Crippen LogP contribution in [-0.2, 0) is 0 Å². The predicted octanol–water partition coefficient (Wildman–Crippen LogP) is 4.13. The zero-order valence-electron chi connectivity index (χ0n) is 12.8. The molecule has 0 saturated heterocycles. The lowest BCUT2D eigenvalue weighted by atomic mass is 9.97. The van der Waals surface area contributed by atoms with Crippen LogP contribution in [0, 0.1) is 6.92 Å². The summed E-state index contributed by atoms with van der Waals surface area (Å²) in [6, 6.07) is 14.4. The third-order valence-electron chi connectivity index (χ3n) is 4.03. The Bertz CT molecular complexity index is 1080. The Morgan fingerprint density at radius 3 is 2.54 bits per heavy atom. The summed E-state index contributed by atoms with van der Waals surface area (Å²) in [6.45, 7) is 1.70. The van der Waals surface area contributed by atoms with E-state index < -0.39 is 5.63 Å². The van der Waals surface area contributed by atoms with Gasteiger partial charge in [-0.3, -0.25) is 0 Å². The number of benzene rings is 2. The molecule has 5 heteroatoms. The zero-order valence-corrected chi connectivity index (χ0v) is 12.8. The summed E-state index contributed by atoms with van der Waals surface area (Å²) in [5, 5.41) is 14.9. The van der Waals surface area contributed by atoms with Crippen LogP contribution in [0.1, 0.15) is 5.56 Å². The van der Waals surface area contributed by atoms with Crippen molar-refractivity contribution >= 4 is 11.0 Å². The van der Waals surface area contributed by atoms with E-state index >= 15 is 0 Å². The molecule has 118 valence electrons. The van der Waals surface area contributed by atoms with Gasteiger partial charge in [-0.25, -0.2) is 4.79 Å². The molecule has 2 aromatic heterocycles. The molecule has 0 spiro atoms. The van der Waals surface area contributed by atoms with E-state index in [-0.39, 0.29) is 5.75 Å². The highest BCUT2D eigenvalue weighted by Crippen LogP contribution is 2.39. The van der Waals surface area contributed by atoms with Gasteiger partial charge < -0.3 is 14.0 Å². The number of nitrogens with zero attached hydrogens (tertiary/aromatic N) is 1. The maximum atomic E-state index is 12.0. The fraction of sp³-hybridized carbons (Fsp3) is 0.0526. The molecule has 24 heavy (non-hydrogen) atoms. The molecule has 0 aliphatic rings. The van der Waals surface area contributed by atoms with Crippen LogP contribution in [0.4, 0.5) is 0 Å². The van der Waals surface area contributed by atoms with Crippen LogP contribution in [0.5, 0.6) is 5.75 Å². The number of aromatic nitrogens is 1. The topological polar surface area (TPSA) is 76.5 Å². The largest absolute Gasteiger partial charge is 0.507 e. The second-order valence-electron chi connectivity index (χ2n) is 5.50. The van der Waals surface area contributed by atoms with Gasteiger partial charge in [0.1, 0.15) is 11.3 Å². The van der Waals surface area contributed by atoms with E-state index in [0.717, 1.165) is 16.5 Å². The number of aromatic hydroxyl groups is 1. The number of fused-ring (bicyclic) bond motifs is 1. The predicted molar refractivity (Wildman–Crippen MR) is 89.8 cm³/mol. The van der Waals surface area contributed by atoms with E-state index in [0.29, 0.717) is 22.5 Å². The summed E-state index contributed by atoms with van der Waals surface area (Å²) < 4.78 is 10.5. The van der Waals surface area contributed by atoms with E-state index in [4.69, 9.17) is 8.94 Å². The van der Waals surface area contributed by atoms with E-state index in [2.05, 4.69) is 5.16 Å². The maximum absolute atomic E-state index is 12.0. The van der Waals surface area contributed by atoms with Crippen molar-refractivity contribution in [3.63, 3.8) is 0 Å². The molecule has 0 aliphatic heterocycles. The highest BCUT2D eigenvalue weighted by Gasteiger charge is 2.18. The van der Waals surface area contributed by atoms with E-state index in [1.54, 1.807) is 19.1 Å². The number of hydrogen-bond donors (Lipinski definition) is 1. The molecular weight excluding hydrogens is 306 g/mol. The summed E-state index contributed by atoms with van der Waals surface area (Å²) in [6.07, 6.45) is 1.51. The molecule has 0 amide bonds. The third-order valence-corrected chi connectivity index (χ3v) is 4.03. The molecule has 1 N–H and O–H groups in total. The Balaban J connectivity index is 2.13. The van der Waals surface area contributed by atoms with Crippen molar-refractivity contribution in [1.29, 1.82) is 0 Å². The molecule has 0 saturated carbocycles. The molecule has 0 fully saturated rings. The average Bonchev–Trinajstić information content (AvgIpc) is 3.13. The fourth-order valence-electron chi connectivity index (χ4n) is 2.85. The lowest BCUT2D eigenvalue weighted by Crippen LogP contribution is -2.00. The average molecular weight is 319 g/mol. The number of hydrogen-bond acceptors (Lipinski definition) is 5. The third kappa shape index (κ3) is 2.18. The SMILES string of the molecule is Cc1c(O)c(-c2ccno2)cc2c(-c3ccccc3)cc(=O)oc12. The smallest absolute Gasteiger partial charge is 0.336 e. The minimum absolute atomic E-state index is 0.00705. The summed E-state index contributed by atoms with van der Waals surface area (Å²) in [5.41, 5.74) is 2.52. The Hall–Kier alpha value is -3.34. The van der Waals surface area contributed by atoms with Gasteiger partial charge in [-0.2, -0.15) is 0 Å². The quantitative estimate of drug-likeness (QED) is 0.562. The van der Waals surface area contributed by atoms with Gasteiger partial charge in [0.05, 0.1) is 11.8 Å². The Labute approximate surface area is 136 Å². The summed E-state index contributed by atoms with van der Waals surface area (Å²) in [7, 11) is 0. The summed E-state index contributed by atoms with van der Waals surface area (Å²) in [5.74, 6) is 0.454. The molecular formula is C19H13NO4. The van der Waals surface area contributed by atoms with Crippen LogP contribution in [0.15, 0.2) is 68.5 Å². The van der Waals surface area contributed by atoms with Crippen LogP contribution in [-0.4, -0.2) is 10.3 Å². The van der Waals surface area contributed by atoms with Gasteiger partial charge in [-0.05, 0) is 24.1 Å². The highest BCUT2D eigenvalue weighted by molar-refractivity contribution is 5.99. The second kappa shape index (κ2) is 5.38. The van der Waals surface area contributed by atoms with Crippen LogP contribution in [0.25, 0.3) is 33.4 Å². The minimum atomic E-state index is -0.462. The maximum Gasteiger partial charge on any atom is 0.336 e. The minimum Gasteiger partial charge on any atom is -0.507 e. The number of phenols is 1. The van der Waals surface area contributed by atoms with Crippen molar-refractivity contribution in [3.05, 3.63) is 70.7 Å². The van der Waals surface area contributed by atoms with Gasteiger partial charge >= 0.3 is 5.63 Å². The van der Waals surface area contributed by atoms with Crippen LogP contribution < -0.4 is 5.63 Å². The molecule has 0 radical (unpaired) electrons. The monoisotopic (exact) mass is 319 g/mol. The number of rotatable bonds is 2. The highest BCUT2D eigenvalue weighted by atomic mass is 16.5. The molecule has 0 atom stereocenters. The normalized spacial score (nSPS) is 11.0. The first-order valence-electron chi connectivity index (χ1n) is 7.42.